The van der Waals surface area contributed by atoms with Crippen LogP contribution in [0.2, 0.25) is 0 Å². The SMILES string of the molecule is COC(=O)CCc1ccc(C(=Nc2ccc(-c3nccn3C)cc2)C2C(=O)Nc3cc(F)ccc32)cc1. The number of carbonyl (C=O) groups excluding carboxylic acids is 2. The summed E-state index contributed by atoms with van der Waals surface area (Å²) >= 11 is 0. The van der Waals surface area contributed by atoms with Gasteiger partial charge in [0.1, 0.15) is 17.6 Å². The molecule has 0 bridgehead atoms. The lowest BCUT2D eigenvalue weighted by Gasteiger charge is -2.15. The maximum Gasteiger partial charge on any atom is 0.305 e. The van der Waals surface area contributed by atoms with E-state index in [0.717, 1.165) is 22.5 Å². The number of anilines is 1. The van der Waals surface area contributed by atoms with E-state index >= 15 is 0 Å². The Morgan fingerprint density at radius 2 is 1.86 bits per heavy atom. The van der Waals surface area contributed by atoms with Crippen molar-refractivity contribution in [3.63, 3.8) is 0 Å². The third-order valence-electron chi connectivity index (χ3n) is 6.41. The number of hydrogen-bond donors (Lipinski definition) is 1. The molecule has 1 aliphatic heterocycles. The second-order valence-corrected chi connectivity index (χ2v) is 8.83. The van der Waals surface area contributed by atoms with Gasteiger partial charge < -0.3 is 14.6 Å². The Bertz CT molecular complexity index is 1490. The van der Waals surface area contributed by atoms with Crippen molar-refractivity contribution in [2.75, 3.05) is 12.4 Å². The fraction of sp³-hybridized carbons (Fsp3) is 0.172. The number of aliphatic imine (C=N–C) groups is 1. The number of methoxy groups -OCH3 is 1. The molecule has 2 heterocycles. The van der Waals surface area contributed by atoms with Crippen LogP contribution in [0.25, 0.3) is 11.4 Å². The van der Waals surface area contributed by atoms with Crippen molar-refractivity contribution in [3.05, 3.63) is 102 Å². The number of hydrogen-bond acceptors (Lipinski definition) is 5. The second kappa shape index (κ2) is 10.2. The number of carbonyl (C=O) groups is 2. The molecule has 1 atom stereocenters. The van der Waals surface area contributed by atoms with Gasteiger partial charge in [-0.2, -0.15) is 0 Å². The number of benzene rings is 3. The number of rotatable bonds is 7. The highest BCUT2D eigenvalue weighted by molar-refractivity contribution is 6.24. The third-order valence-corrected chi connectivity index (χ3v) is 6.41. The molecule has 0 radical (unpaired) electrons. The average molecular weight is 497 g/mol. The summed E-state index contributed by atoms with van der Waals surface area (Å²) in [6, 6.07) is 19.5. The molecule has 1 aliphatic rings. The molecular formula is C29H25FN4O3. The lowest BCUT2D eigenvalue weighted by atomic mass is 9.90. The number of imidazole rings is 1. The van der Waals surface area contributed by atoms with E-state index in [4.69, 9.17) is 9.73 Å². The molecule has 37 heavy (non-hydrogen) atoms. The van der Waals surface area contributed by atoms with Crippen LogP contribution in [0.5, 0.6) is 0 Å². The molecular weight excluding hydrogens is 471 g/mol. The summed E-state index contributed by atoms with van der Waals surface area (Å²) in [6.45, 7) is 0. The molecule has 0 spiro atoms. The molecule has 3 aromatic carbocycles. The van der Waals surface area contributed by atoms with Crippen LogP contribution in [0.3, 0.4) is 0 Å². The van der Waals surface area contributed by atoms with E-state index in [1.54, 1.807) is 12.3 Å². The lowest BCUT2D eigenvalue weighted by molar-refractivity contribution is -0.140. The van der Waals surface area contributed by atoms with E-state index in [2.05, 4.69) is 10.3 Å². The maximum atomic E-state index is 13.8. The van der Waals surface area contributed by atoms with Gasteiger partial charge >= 0.3 is 5.97 Å². The van der Waals surface area contributed by atoms with Crippen LogP contribution in [-0.2, 0) is 27.8 Å². The minimum atomic E-state index is -0.703. The minimum Gasteiger partial charge on any atom is -0.469 e. The van der Waals surface area contributed by atoms with Gasteiger partial charge in [-0.15, -0.1) is 0 Å². The molecule has 0 saturated carbocycles. The lowest BCUT2D eigenvalue weighted by Crippen LogP contribution is -2.22. The van der Waals surface area contributed by atoms with Gasteiger partial charge in [0, 0.05) is 37.1 Å². The van der Waals surface area contributed by atoms with Gasteiger partial charge in [0.15, 0.2) is 0 Å². The quantitative estimate of drug-likeness (QED) is 0.282. The summed E-state index contributed by atoms with van der Waals surface area (Å²) in [6.07, 6.45) is 4.45. The Labute approximate surface area is 213 Å². The van der Waals surface area contributed by atoms with E-state index in [9.17, 15) is 14.0 Å². The van der Waals surface area contributed by atoms with Crippen molar-refractivity contribution < 1.29 is 18.7 Å². The molecule has 0 fully saturated rings. The molecule has 5 rings (SSSR count). The molecule has 0 saturated heterocycles. The molecule has 1 amide bonds. The molecule has 7 nitrogen and oxygen atoms in total. The Hall–Kier alpha value is -4.59. The molecule has 1 unspecified atom stereocenters. The second-order valence-electron chi connectivity index (χ2n) is 8.83. The number of ether oxygens (including phenoxy) is 1. The first-order valence-electron chi connectivity index (χ1n) is 11.9. The number of nitrogens with one attached hydrogen (secondary N) is 1. The zero-order valence-electron chi connectivity index (χ0n) is 20.4. The fourth-order valence-electron chi connectivity index (χ4n) is 4.46. The van der Waals surface area contributed by atoms with Crippen LogP contribution in [0, 0.1) is 5.82 Å². The van der Waals surface area contributed by atoms with E-state index in [1.165, 1.54) is 19.2 Å². The molecule has 4 aromatic rings. The maximum absolute atomic E-state index is 13.8. The largest absolute Gasteiger partial charge is 0.469 e. The summed E-state index contributed by atoms with van der Waals surface area (Å²) in [5, 5.41) is 2.79. The predicted octanol–water partition coefficient (Wildman–Crippen LogP) is 5.19. The van der Waals surface area contributed by atoms with Crippen LogP contribution in [-0.4, -0.2) is 34.2 Å². The summed E-state index contributed by atoms with van der Waals surface area (Å²) in [7, 11) is 3.30. The smallest absolute Gasteiger partial charge is 0.305 e. The van der Waals surface area contributed by atoms with Crippen molar-refractivity contribution in [3.8, 4) is 11.4 Å². The number of nitrogens with zero attached hydrogens (tertiary/aromatic N) is 3. The predicted molar refractivity (Wildman–Crippen MR) is 139 cm³/mol. The third kappa shape index (κ3) is 5.04. The molecule has 0 aliphatic carbocycles. The van der Waals surface area contributed by atoms with Gasteiger partial charge in [-0.3, -0.25) is 14.6 Å². The van der Waals surface area contributed by atoms with E-state index < -0.39 is 11.7 Å². The van der Waals surface area contributed by atoms with E-state index in [1.807, 2.05) is 66.3 Å². The first-order valence-corrected chi connectivity index (χ1v) is 11.9. The summed E-state index contributed by atoms with van der Waals surface area (Å²) in [4.78, 5) is 33.9. The van der Waals surface area contributed by atoms with Crippen molar-refractivity contribution in [2.45, 2.75) is 18.8 Å². The van der Waals surface area contributed by atoms with Gasteiger partial charge in [-0.05, 0) is 59.5 Å². The molecule has 8 heteroatoms. The van der Waals surface area contributed by atoms with Crippen LogP contribution in [0.15, 0.2) is 84.1 Å². The number of aryl methyl sites for hydroxylation is 2. The highest BCUT2D eigenvalue weighted by atomic mass is 19.1. The highest BCUT2D eigenvalue weighted by Gasteiger charge is 2.35. The Balaban J connectivity index is 1.53. The molecule has 186 valence electrons. The van der Waals surface area contributed by atoms with E-state index in [0.29, 0.717) is 29.1 Å². The van der Waals surface area contributed by atoms with Crippen molar-refractivity contribution in [1.82, 2.24) is 9.55 Å². The first kappa shape index (κ1) is 24.1. The number of halogens is 1. The monoisotopic (exact) mass is 496 g/mol. The number of aromatic nitrogens is 2. The number of amides is 1. The van der Waals surface area contributed by atoms with Crippen molar-refractivity contribution >= 4 is 29.0 Å². The molecule has 1 N–H and O–H groups in total. The van der Waals surface area contributed by atoms with Crippen molar-refractivity contribution in [1.29, 1.82) is 0 Å². The van der Waals surface area contributed by atoms with E-state index in [-0.39, 0.29) is 18.3 Å². The van der Waals surface area contributed by atoms with Gasteiger partial charge in [-0.1, -0.05) is 30.3 Å². The Morgan fingerprint density at radius 3 is 2.54 bits per heavy atom. The minimum absolute atomic E-state index is 0.265. The van der Waals surface area contributed by atoms with Crippen LogP contribution >= 0.6 is 0 Å². The average Bonchev–Trinajstić information content (AvgIpc) is 3.48. The summed E-state index contributed by atoms with van der Waals surface area (Å²) < 4.78 is 20.5. The number of esters is 1. The standard InChI is InChI=1S/C29H25FN4O3/c1-34-16-15-31-28(34)20-8-11-22(12-9-20)32-27(19-6-3-18(4-7-19)5-14-25(35)37-2)26-23-13-10-21(30)17-24(23)33-29(26)36/h3-4,6-13,15-17,26H,5,14H2,1-2H3,(H,33,36). The zero-order valence-corrected chi connectivity index (χ0v) is 20.4. The Kier molecular flexibility index (Phi) is 6.64. The number of fused-ring (bicyclic) bond motifs is 1. The van der Waals surface area contributed by atoms with Crippen molar-refractivity contribution in [2.24, 2.45) is 12.0 Å². The van der Waals surface area contributed by atoms with Gasteiger partial charge in [-0.25, -0.2) is 9.37 Å². The molecule has 1 aromatic heterocycles. The topological polar surface area (TPSA) is 85.6 Å². The fourth-order valence-corrected chi connectivity index (χ4v) is 4.46. The first-order chi connectivity index (χ1) is 17.9. The van der Waals surface area contributed by atoms with Crippen LogP contribution in [0.1, 0.15) is 29.0 Å². The zero-order chi connectivity index (χ0) is 25.9. The highest BCUT2D eigenvalue weighted by Crippen LogP contribution is 2.37. The summed E-state index contributed by atoms with van der Waals surface area (Å²) in [5.74, 6) is -0.821. The summed E-state index contributed by atoms with van der Waals surface area (Å²) in [5.41, 5.74) is 5.01. The normalized spacial score (nSPS) is 14.8. The van der Waals surface area contributed by atoms with Gasteiger partial charge in [0.05, 0.1) is 18.5 Å². The van der Waals surface area contributed by atoms with Crippen LogP contribution < -0.4 is 5.32 Å². The van der Waals surface area contributed by atoms with Crippen LogP contribution in [0.4, 0.5) is 15.8 Å². The Morgan fingerprint density at radius 1 is 1.11 bits per heavy atom. The van der Waals surface area contributed by atoms with Gasteiger partial charge in [0.25, 0.3) is 0 Å². The van der Waals surface area contributed by atoms with Gasteiger partial charge in [0.2, 0.25) is 5.91 Å².